The quantitative estimate of drug-likeness (QED) is 0.489. The van der Waals surface area contributed by atoms with Crippen LogP contribution < -0.4 is 10.6 Å². The van der Waals surface area contributed by atoms with Crippen molar-refractivity contribution in [2.75, 3.05) is 45.3 Å². The first-order valence-electron chi connectivity index (χ1n) is 10.0. The number of halogens is 1. The maximum Gasteiger partial charge on any atom is 0.298 e. The molecule has 0 spiro atoms. The molecule has 0 amide bonds. The van der Waals surface area contributed by atoms with Crippen molar-refractivity contribution in [3.05, 3.63) is 58.4 Å². The minimum Gasteiger partial charge on any atom is -0.378 e. The van der Waals surface area contributed by atoms with Crippen LogP contribution in [0.4, 0.5) is 4.39 Å². The third-order valence-corrected chi connectivity index (χ3v) is 5.63. The molecule has 0 aliphatic carbocycles. The van der Waals surface area contributed by atoms with Gasteiger partial charge in [0.1, 0.15) is 11.3 Å². The molecule has 1 aliphatic rings. The van der Waals surface area contributed by atoms with E-state index >= 15 is 0 Å². The summed E-state index contributed by atoms with van der Waals surface area (Å²) in [6.45, 7) is 3.53. The summed E-state index contributed by atoms with van der Waals surface area (Å²) in [6, 6.07) is 7.94. The summed E-state index contributed by atoms with van der Waals surface area (Å²) in [4.78, 5) is 15.4. The molecule has 5 rings (SSSR count). The number of hydrogen-bond acceptors (Lipinski definition) is 7. The van der Waals surface area contributed by atoms with Crippen molar-refractivity contribution in [1.82, 2.24) is 29.4 Å². The maximum absolute atomic E-state index is 13.4. The second-order valence-electron chi connectivity index (χ2n) is 7.65. The van der Waals surface area contributed by atoms with Crippen LogP contribution in [0.15, 0.2) is 41.3 Å². The Morgan fingerprint density at radius 1 is 1.06 bits per heavy atom. The van der Waals surface area contributed by atoms with Gasteiger partial charge in [0, 0.05) is 39.5 Å². The van der Waals surface area contributed by atoms with Gasteiger partial charge in [-0.3, -0.25) is 4.79 Å². The Labute approximate surface area is 177 Å². The van der Waals surface area contributed by atoms with Gasteiger partial charge in [-0.2, -0.15) is 5.10 Å². The fraction of sp³-hybridized carbons (Fsp3) is 0.333. The Kier molecular flexibility index (Phi) is 4.87. The predicted octanol–water partition coefficient (Wildman–Crippen LogP) is 1.28. The number of hydrogen-bond donors (Lipinski definition) is 0. The largest absolute Gasteiger partial charge is 0.378 e. The van der Waals surface area contributed by atoms with E-state index in [-0.39, 0.29) is 23.5 Å². The molecular weight excluding hydrogens is 401 g/mol. The van der Waals surface area contributed by atoms with E-state index in [9.17, 15) is 9.18 Å². The summed E-state index contributed by atoms with van der Waals surface area (Å²) in [5.74, 6) is -0.325. The summed E-state index contributed by atoms with van der Waals surface area (Å²) < 4.78 is 22.0. The zero-order valence-corrected chi connectivity index (χ0v) is 17.3. The number of likely N-dealkylation sites (N-methyl/N-ethyl adjacent to an activating group) is 1. The fourth-order valence-electron chi connectivity index (χ4n) is 3.97. The van der Waals surface area contributed by atoms with Gasteiger partial charge in [0.2, 0.25) is 0 Å². The second kappa shape index (κ2) is 7.71. The van der Waals surface area contributed by atoms with Gasteiger partial charge >= 0.3 is 0 Å². The van der Waals surface area contributed by atoms with Gasteiger partial charge in [0.15, 0.2) is 11.2 Å². The van der Waals surface area contributed by atoms with Crippen LogP contribution >= 0.6 is 0 Å². The van der Waals surface area contributed by atoms with Crippen molar-refractivity contribution < 1.29 is 9.13 Å². The minimum atomic E-state index is -0.325. The van der Waals surface area contributed by atoms with Crippen LogP contribution in [-0.4, -0.2) is 69.7 Å². The Balaban J connectivity index is 1.68. The van der Waals surface area contributed by atoms with Crippen molar-refractivity contribution in [2.45, 2.75) is 6.61 Å². The normalized spacial score (nSPS) is 15.3. The summed E-state index contributed by atoms with van der Waals surface area (Å²) in [6.07, 6.45) is 1.76. The van der Waals surface area contributed by atoms with Crippen molar-refractivity contribution in [2.24, 2.45) is 0 Å². The van der Waals surface area contributed by atoms with Crippen LogP contribution in [0.2, 0.25) is 0 Å². The highest BCUT2D eigenvalue weighted by Gasteiger charge is 2.21. The first-order valence-corrected chi connectivity index (χ1v) is 10.0. The SMILES string of the molecule is COCc1nn2c(nnc3c(=O)n(N4CCN(C)CC4)ccc32)c1-c1ccc(F)cc1. The first-order chi connectivity index (χ1) is 15.1. The maximum atomic E-state index is 13.4. The van der Waals surface area contributed by atoms with Crippen molar-refractivity contribution >= 4 is 16.7 Å². The average molecular weight is 423 g/mol. The summed E-state index contributed by atoms with van der Waals surface area (Å²) in [5, 5.41) is 15.3. The number of aromatic nitrogens is 5. The molecule has 1 aromatic carbocycles. The van der Waals surface area contributed by atoms with E-state index in [1.165, 1.54) is 12.1 Å². The molecule has 31 heavy (non-hydrogen) atoms. The van der Waals surface area contributed by atoms with Crippen LogP contribution in [0.25, 0.3) is 27.8 Å². The van der Waals surface area contributed by atoms with E-state index in [0.717, 1.165) is 31.7 Å². The highest BCUT2D eigenvalue weighted by Crippen LogP contribution is 2.29. The number of fused-ring (bicyclic) bond motifs is 3. The van der Waals surface area contributed by atoms with Crippen LogP contribution in [-0.2, 0) is 11.3 Å². The summed E-state index contributed by atoms with van der Waals surface area (Å²) in [5.41, 5.74) is 3.16. The van der Waals surface area contributed by atoms with Gasteiger partial charge in [-0.05, 0) is 30.8 Å². The summed E-state index contributed by atoms with van der Waals surface area (Å²) >= 11 is 0. The number of ether oxygens (including phenoxy) is 1. The minimum absolute atomic E-state index is 0.233. The molecule has 3 aromatic heterocycles. The van der Waals surface area contributed by atoms with Gasteiger partial charge in [-0.15, -0.1) is 10.2 Å². The molecule has 9 nitrogen and oxygen atoms in total. The Morgan fingerprint density at radius 2 is 1.81 bits per heavy atom. The van der Waals surface area contributed by atoms with E-state index in [1.54, 1.807) is 34.6 Å². The third kappa shape index (κ3) is 3.33. The fourth-order valence-corrected chi connectivity index (χ4v) is 3.97. The Morgan fingerprint density at radius 3 is 2.52 bits per heavy atom. The molecule has 1 saturated heterocycles. The summed E-state index contributed by atoms with van der Waals surface area (Å²) in [7, 11) is 3.65. The Hall–Kier alpha value is -3.37. The van der Waals surface area contributed by atoms with E-state index < -0.39 is 0 Å². The second-order valence-corrected chi connectivity index (χ2v) is 7.65. The standard InChI is InChI=1S/C21H22FN7O2/c1-26-9-11-27(12-10-26)28-8-7-17-19(21(28)30)23-24-20-18(14-3-5-15(22)6-4-14)16(13-31-2)25-29(17)20/h3-8H,9-13H2,1-2H3. The van der Waals surface area contributed by atoms with Crippen molar-refractivity contribution in [1.29, 1.82) is 0 Å². The third-order valence-electron chi connectivity index (χ3n) is 5.63. The molecular formula is C21H22FN7O2. The van der Waals surface area contributed by atoms with E-state index in [1.807, 2.05) is 11.1 Å². The molecule has 160 valence electrons. The molecule has 0 bridgehead atoms. The number of pyridine rings is 1. The van der Waals surface area contributed by atoms with Crippen LogP contribution in [0.5, 0.6) is 0 Å². The molecule has 0 N–H and O–H groups in total. The predicted molar refractivity (Wildman–Crippen MR) is 114 cm³/mol. The number of rotatable bonds is 4. The molecule has 4 aromatic rings. The van der Waals surface area contributed by atoms with Gasteiger partial charge in [-0.25, -0.2) is 13.6 Å². The van der Waals surface area contributed by atoms with Gasteiger partial charge < -0.3 is 14.6 Å². The monoisotopic (exact) mass is 423 g/mol. The van der Waals surface area contributed by atoms with Gasteiger partial charge in [0.25, 0.3) is 5.56 Å². The molecule has 0 radical (unpaired) electrons. The molecule has 10 heteroatoms. The average Bonchev–Trinajstić information content (AvgIpc) is 3.14. The van der Waals surface area contributed by atoms with Gasteiger partial charge in [0.05, 0.1) is 17.9 Å². The van der Waals surface area contributed by atoms with Crippen LogP contribution in [0.1, 0.15) is 5.69 Å². The highest BCUT2D eigenvalue weighted by atomic mass is 19.1. The van der Waals surface area contributed by atoms with E-state index in [0.29, 0.717) is 22.4 Å². The topological polar surface area (TPSA) is 80.8 Å². The lowest BCUT2D eigenvalue weighted by Crippen LogP contribution is -2.53. The zero-order chi connectivity index (χ0) is 21.5. The van der Waals surface area contributed by atoms with Gasteiger partial charge in [-0.1, -0.05) is 12.1 Å². The van der Waals surface area contributed by atoms with Crippen LogP contribution in [0, 0.1) is 5.82 Å². The highest BCUT2D eigenvalue weighted by molar-refractivity contribution is 5.84. The first kappa shape index (κ1) is 19.6. The van der Waals surface area contributed by atoms with Crippen molar-refractivity contribution in [3.63, 3.8) is 0 Å². The molecule has 4 heterocycles. The number of piperazine rings is 1. The smallest absolute Gasteiger partial charge is 0.298 e. The molecule has 1 fully saturated rings. The Bertz CT molecular complexity index is 1310. The number of nitrogens with zero attached hydrogens (tertiary/aromatic N) is 7. The van der Waals surface area contributed by atoms with Crippen LogP contribution in [0.3, 0.4) is 0 Å². The molecule has 0 atom stereocenters. The molecule has 0 saturated carbocycles. The lowest BCUT2D eigenvalue weighted by molar-refractivity contribution is 0.181. The molecule has 0 unspecified atom stereocenters. The van der Waals surface area contributed by atoms with Crippen molar-refractivity contribution in [3.8, 4) is 11.1 Å². The number of benzene rings is 1. The lowest BCUT2D eigenvalue weighted by Gasteiger charge is -2.34. The number of methoxy groups -OCH3 is 1. The van der Waals surface area contributed by atoms with E-state index in [2.05, 4.69) is 27.2 Å². The molecule has 1 aliphatic heterocycles. The zero-order valence-electron chi connectivity index (χ0n) is 17.3. The lowest BCUT2D eigenvalue weighted by atomic mass is 10.1. The van der Waals surface area contributed by atoms with E-state index in [4.69, 9.17) is 4.74 Å².